The minimum atomic E-state index is -0.810. The number of carbonyl (C=O) groups excluding carboxylic acids is 3. The van der Waals surface area contributed by atoms with E-state index in [4.69, 9.17) is 32.4 Å². The molecule has 1 heterocycles. The average molecular weight is 399 g/mol. The number of furan rings is 1. The summed E-state index contributed by atoms with van der Waals surface area (Å²) in [6, 6.07) is 7.83. The lowest BCUT2D eigenvalue weighted by atomic mass is 10.2. The lowest BCUT2D eigenvalue weighted by Gasteiger charge is -2.10. The van der Waals surface area contributed by atoms with Crippen LogP contribution in [0.5, 0.6) is 0 Å². The SMILES string of the molecule is CN(C)C(=O)CNC(=O)COC(=O)c1ccc(-c2ccc(Cl)cc2Cl)o1. The molecule has 2 rings (SSSR count). The summed E-state index contributed by atoms with van der Waals surface area (Å²) < 4.78 is 10.3. The number of ether oxygens (including phenoxy) is 1. The molecule has 1 N–H and O–H groups in total. The average Bonchev–Trinajstić information content (AvgIpc) is 3.07. The minimum Gasteiger partial charge on any atom is -0.450 e. The number of amides is 2. The van der Waals surface area contributed by atoms with Crippen LogP contribution in [0.15, 0.2) is 34.7 Å². The first kappa shape index (κ1) is 19.8. The molecule has 0 spiro atoms. The van der Waals surface area contributed by atoms with E-state index in [1.54, 1.807) is 38.4 Å². The second kappa shape index (κ2) is 8.73. The van der Waals surface area contributed by atoms with Crippen LogP contribution in [0.4, 0.5) is 0 Å². The smallest absolute Gasteiger partial charge is 0.374 e. The lowest BCUT2D eigenvalue weighted by Crippen LogP contribution is -2.38. The fraction of sp³-hybridized carbons (Fsp3) is 0.235. The molecule has 9 heteroatoms. The normalized spacial score (nSPS) is 10.3. The zero-order valence-electron chi connectivity index (χ0n) is 14.0. The molecule has 0 unspecified atom stereocenters. The van der Waals surface area contributed by atoms with E-state index in [1.807, 2.05) is 0 Å². The standard InChI is InChI=1S/C17H16Cl2N2O5/c1-21(2)16(23)8-20-15(22)9-25-17(24)14-6-5-13(26-14)11-4-3-10(18)7-12(11)19/h3-7H,8-9H2,1-2H3,(H,20,22). The highest BCUT2D eigenvalue weighted by molar-refractivity contribution is 6.36. The van der Waals surface area contributed by atoms with Gasteiger partial charge in [-0.1, -0.05) is 23.2 Å². The molecular formula is C17H16Cl2N2O5. The number of halogens is 2. The second-order valence-corrected chi connectivity index (χ2v) is 6.27. The summed E-state index contributed by atoms with van der Waals surface area (Å²) in [5, 5.41) is 3.19. The second-order valence-electron chi connectivity index (χ2n) is 5.43. The van der Waals surface area contributed by atoms with Crippen LogP contribution in [0.3, 0.4) is 0 Å². The fourth-order valence-electron chi connectivity index (χ4n) is 1.87. The molecule has 0 aliphatic rings. The van der Waals surface area contributed by atoms with Gasteiger partial charge < -0.3 is 19.4 Å². The van der Waals surface area contributed by atoms with E-state index in [2.05, 4.69) is 5.32 Å². The van der Waals surface area contributed by atoms with Crippen molar-refractivity contribution in [3.63, 3.8) is 0 Å². The van der Waals surface area contributed by atoms with Gasteiger partial charge in [0.25, 0.3) is 5.91 Å². The maximum absolute atomic E-state index is 12.0. The Morgan fingerprint density at radius 1 is 1.15 bits per heavy atom. The Morgan fingerprint density at radius 2 is 1.88 bits per heavy atom. The minimum absolute atomic E-state index is 0.0804. The van der Waals surface area contributed by atoms with Crippen LogP contribution in [-0.2, 0) is 14.3 Å². The van der Waals surface area contributed by atoms with Crippen LogP contribution in [0.25, 0.3) is 11.3 Å². The first-order valence-electron chi connectivity index (χ1n) is 7.47. The predicted molar refractivity (Wildman–Crippen MR) is 96.2 cm³/mol. The summed E-state index contributed by atoms with van der Waals surface area (Å²) >= 11 is 11.9. The van der Waals surface area contributed by atoms with Gasteiger partial charge in [0.1, 0.15) is 5.76 Å². The fourth-order valence-corrected chi connectivity index (χ4v) is 2.37. The number of nitrogens with one attached hydrogen (secondary N) is 1. The monoisotopic (exact) mass is 398 g/mol. The zero-order chi connectivity index (χ0) is 19.3. The van der Waals surface area contributed by atoms with Gasteiger partial charge in [-0.3, -0.25) is 9.59 Å². The number of rotatable bonds is 6. The zero-order valence-corrected chi connectivity index (χ0v) is 15.6. The van der Waals surface area contributed by atoms with E-state index in [-0.39, 0.29) is 18.2 Å². The molecule has 0 radical (unpaired) electrons. The van der Waals surface area contributed by atoms with Gasteiger partial charge in [-0.25, -0.2) is 4.79 Å². The third-order valence-corrected chi connectivity index (χ3v) is 3.82. The van der Waals surface area contributed by atoms with Gasteiger partial charge in [0, 0.05) is 24.7 Å². The number of benzene rings is 1. The number of hydrogen-bond acceptors (Lipinski definition) is 5. The van der Waals surface area contributed by atoms with Crippen LogP contribution in [0.1, 0.15) is 10.6 Å². The van der Waals surface area contributed by atoms with Crippen molar-refractivity contribution in [1.82, 2.24) is 10.2 Å². The molecule has 0 saturated heterocycles. The lowest BCUT2D eigenvalue weighted by molar-refractivity contribution is -0.131. The van der Waals surface area contributed by atoms with E-state index in [0.717, 1.165) is 0 Å². The van der Waals surface area contributed by atoms with Crippen molar-refractivity contribution in [1.29, 1.82) is 0 Å². The van der Waals surface area contributed by atoms with Crippen molar-refractivity contribution in [2.24, 2.45) is 0 Å². The summed E-state index contributed by atoms with van der Waals surface area (Å²) in [5.74, 6) is -1.40. The van der Waals surface area contributed by atoms with E-state index in [1.165, 1.54) is 11.0 Å². The van der Waals surface area contributed by atoms with Crippen LogP contribution >= 0.6 is 23.2 Å². The van der Waals surface area contributed by atoms with Crippen LogP contribution in [0.2, 0.25) is 10.0 Å². The van der Waals surface area contributed by atoms with E-state index in [9.17, 15) is 14.4 Å². The molecule has 0 fully saturated rings. The molecule has 0 aliphatic carbocycles. The number of hydrogen-bond donors (Lipinski definition) is 1. The molecule has 1 aromatic carbocycles. The van der Waals surface area contributed by atoms with Gasteiger partial charge in [-0.15, -0.1) is 0 Å². The Kier molecular flexibility index (Phi) is 6.65. The molecule has 26 heavy (non-hydrogen) atoms. The third-order valence-electron chi connectivity index (χ3n) is 3.27. The number of carbonyl (C=O) groups is 3. The first-order valence-corrected chi connectivity index (χ1v) is 8.22. The van der Waals surface area contributed by atoms with E-state index < -0.39 is 18.5 Å². The van der Waals surface area contributed by atoms with Crippen molar-refractivity contribution in [3.05, 3.63) is 46.1 Å². The Morgan fingerprint density at radius 3 is 2.54 bits per heavy atom. The number of likely N-dealkylation sites (N-methyl/N-ethyl adjacent to an activating group) is 1. The van der Waals surface area contributed by atoms with Gasteiger partial charge in [0.15, 0.2) is 6.61 Å². The van der Waals surface area contributed by atoms with Crippen LogP contribution in [0, 0.1) is 0 Å². The third kappa shape index (κ3) is 5.24. The summed E-state index contributed by atoms with van der Waals surface area (Å²) in [6.07, 6.45) is 0. The summed E-state index contributed by atoms with van der Waals surface area (Å²) in [4.78, 5) is 36.2. The molecule has 7 nitrogen and oxygen atoms in total. The molecule has 0 aliphatic heterocycles. The van der Waals surface area contributed by atoms with Crippen molar-refractivity contribution in [2.45, 2.75) is 0 Å². The van der Waals surface area contributed by atoms with Crippen LogP contribution in [-0.4, -0.2) is 49.9 Å². The van der Waals surface area contributed by atoms with Crippen LogP contribution < -0.4 is 5.32 Å². The Bertz CT molecular complexity index is 832. The topological polar surface area (TPSA) is 88.9 Å². The maximum Gasteiger partial charge on any atom is 0.374 e. The molecule has 1 aromatic heterocycles. The molecular weight excluding hydrogens is 383 g/mol. The van der Waals surface area contributed by atoms with E-state index in [0.29, 0.717) is 21.4 Å². The Labute approximate surface area is 159 Å². The van der Waals surface area contributed by atoms with Crippen molar-refractivity contribution in [2.75, 3.05) is 27.2 Å². The summed E-state index contributed by atoms with van der Waals surface area (Å²) in [7, 11) is 3.13. The number of esters is 1. The highest BCUT2D eigenvalue weighted by atomic mass is 35.5. The van der Waals surface area contributed by atoms with Gasteiger partial charge in [-0.05, 0) is 30.3 Å². The summed E-state index contributed by atoms with van der Waals surface area (Å²) in [5.41, 5.74) is 0.565. The maximum atomic E-state index is 12.0. The molecule has 2 aromatic rings. The van der Waals surface area contributed by atoms with Crippen molar-refractivity contribution >= 4 is 41.0 Å². The van der Waals surface area contributed by atoms with Gasteiger partial charge in [0.2, 0.25) is 11.7 Å². The Balaban J connectivity index is 1.92. The largest absolute Gasteiger partial charge is 0.450 e. The molecule has 0 atom stereocenters. The quantitative estimate of drug-likeness (QED) is 0.755. The Hall–Kier alpha value is -2.51. The van der Waals surface area contributed by atoms with Gasteiger partial charge in [0.05, 0.1) is 11.6 Å². The number of nitrogens with zero attached hydrogens (tertiary/aromatic N) is 1. The molecule has 0 saturated carbocycles. The molecule has 2 amide bonds. The highest BCUT2D eigenvalue weighted by Gasteiger charge is 2.17. The summed E-state index contributed by atoms with van der Waals surface area (Å²) in [6.45, 7) is -0.708. The van der Waals surface area contributed by atoms with E-state index >= 15 is 0 Å². The van der Waals surface area contributed by atoms with Gasteiger partial charge >= 0.3 is 5.97 Å². The van der Waals surface area contributed by atoms with Crippen molar-refractivity contribution < 1.29 is 23.5 Å². The first-order chi connectivity index (χ1) is 12.3. The highest BCUT2D eigenvalue weighted by Crippen LogP contribution is 2.31. The predicted octanol–water partition coefficient (Wildman–Crippen LogP) is 2.61. The van der Waals surface area contributed by atoms with Gasteiger partial charge in [-0.2, -0.15) is 0 Å². The molecule has 0 bridgehead atoms. The van der Waals surface area contributed by atoms with Crippen molar-refractivity contribution in [3.8, 4) is 11.3 Å². The molecule has 138 valence electrons.